The molecule has 0 atom stereocenters. The minimum atomic E-state index is -0.230. The summed E-state index contributed by atoms with van der Waals surface area (Å²) < 4.78 is 17.5. The monoisotopic (exact) mass is 374 g/mol. The maximum atomic E-state index is 13.0. The Hall–Kier alpha value is -2.02. The Morgan fingerprint density at radius 3 is 2.65 bits per heavy atom. The van der Waals surface area contributed by atoms with E-state index >= 15 is 0 Å². The number of rotatable bonds is 4. The molecule has 0 radical (unpaired) electrons. The molecule has 4 rings (SSSR count). The molecule has 0 unspecified atom stereocenters. The van der Waals surface area contributed by atoms with E-state index < -0.39 is 0 Å². The molecule has 1 aliphatic carbocycles. The van der Waals surface area contributed by atoms with Crippen molar-refractivity contribution < 1.29 is 9.18 Å². The van der Waals surface area contributed by atoms with Gasteiger partial charge in [0.15, 0.2) is 0 Å². The molecule has 1 aromatic heterocycles. The molecule has 26 heavy (non-hydrogen) atoms. The summed E-state index contributed by atoms with van der Waals surface area (Å²) in [5.74, 6) is 1.15. The predicted octanol–water partition coefficient (Wildman–Crippen LogP) is 3.11. The van der Waals surface area contributed by atoms with Crippen LogP contribution in [0.5, 0.6) is 0 Å². The van der Waals surface area contributed by atoms with Gasteiger partial charge in [-0.15, -0.1) is 0 Å². The number of halogens is 1. The van der Waals surface area contributed by atoms with E-state index in [9.17, 15) is 9.18 Å². The van der Waals surface area contributed by atoms with Gasteiger partial charge in [0.2, 0.25) is 11.0 Å². The highest BCUT2D eigenvalue weighted by atomic mass is 32.1. The molecule has 1 aliphatic heterocycles. The predicted molar refractivity (Wildman–Crippen MR) is 99.9 cm³/mol. The Morgan fingerprint density at radius 2 is 1.92 bits per heavy atom. The first-order chi connectivity index (χ1) is 12.7. The number of nitrogens with zero attached hydrogens (tertiary/aromatic N) is 4. The van der Waals surface area contributed by atoms with Crippen molar-refractivity contribution in [1.29, 1.82) is 0 Å². The summed E-state index contributed by atoms with van der Waals surface area (Å²) in [4.78, 5) is 21.4. The summed E-state index contributed by atoms with van der Waals surface area (Å²) in [6.45, 7) is 3.32. The summed E-state index contributed by atoms with van der Waals surface area (Å²) in [6, 6.07) is 6.47. The minimum absolute atomic E-state index is 0.230. The van der Waals surface area contributed by atoms with Crippen LogP contribution >= 0.6 is 11.5 Å². The number of anilines is 1. The van der Waals surface area contributed by atoms with E-state index in [1.165, 1.54) is 30.1 Å². The van der Waals surface area contributed by atoms with Crippen LogP contribution in [-0.4, -0.2) is 46.3 Å². The fourth-order valence-electron chi connectivity index (χ4n) is 3.47. The number of benzene rings is 1. The van der Waals surface area contributed by atoms with Crippen molar-refractivity contribution in [1.82, 2.24) is 14.3 Å². The van der Waals surface area contributed by atoms with E-state index in [0.29, 0.717) is 12.3 Å². The van der Waals surface area contributed by atoms with E-state index in [1.807, 2.05) is 4.90 Å². The van der Waals surface area contributed by atoms with Crippen LogP contribution in [0.1, 0.15) is 37.1 Å². The molecule has 2 fully saturated rings. The molecule has 0 spiro atoms. The Balaban J connectivity index is 1.36. The normalized spacial score (nSPS) is 18.5. The summed E-state index contributed by atoms with van der Waals surface area (Å²) in [7, 11) is 0. The van der Waals surface area contributed by atoms with Crippen LogP contribution < -0.4 is 4.90 Å². The first-order valence-corrected chi connectivity index (χ1v) is 10.1. The number of hydrogen-bond acceptors (Lipinski definition) is 5. The molecule has 2 aromatic rings. The molecule has 5 nitrogen and oxygen atoms in total. The summed E-state index contributed by atoms with van der Waals surface area (Å²) in [5, 5.41) is 0.917. The van der Waals surface area contributed by atoms with Gasteiger partial charge in [-0.2, -0.15) is 4.37 Å². The van der Waals surface area contributed by atoms with Crippen molar-refractivity contribution in [3.8, 4) is 0 Å². The fourth-order valence-corrected chi connectivity index (χ4v) is 4.21. The molecule has 0 bridgehead atoms. The lowest BCUT2D eigenvalue weighted by atomic mass is 9.84. The van der Waals surface area contributed by atoms with Gasteiger partial charge in [-0.25, -0.2) is 9.37 Å². The van der Waals surface area contributed by atoms with Crippen molar-refractivity contribution >= 4 is 22.6 Å². The molecular weight excluding hydrogens is 351 g/mol. The standard InChI is InChI=1S/C19H23FN4OS/c20-16-7-5-14(6-8-16)13-17-21-19(26-22-17)24-10-2-9-23(11-12-24)18(25)15-3-1-4-15/h5-8,15H,1-4,9-13H2. The number of hydrogen-bond donors (Lipinski definition) is 0. The molecule has 1 saturated heterocycles. The Morgan fingerprint density at radius 1 is 1.12 bits per heavy atom. The van der Waals surface area contributed by atoms with E-state index in [2.05, 4.69) is 14.3 Å². The molecule has 1 aromatic carbocycles. The number of amides is 1. The second kappa shape index (κ2) is 7.70. The molecule has 1 saturated carbocycles. The Bertz CT molecular complexity index is 759. The van der Waals surface area contributed by atoms with Gasteiger partial charge >= 0.3 is 0 Å². The van der Waals surface area contributed by atoms with Crippen molar-refractivity contribution in [2.75, 3.05) is 31.1 Å². The fraction of sp³-hybridized carbons (Fsp3) is 0.526. The molecular formula is C19H23FN4OS. The third-order valence-electron chi connectivity index (χ3n) is 5.27. The zero-order valence-electron chi connectivity index (χ0n) is 14.7. The number of carbonyl (C=O) groups excluding carboxylic acids is 1. The SMILES string of the molecule is O=C(C1CCC1)N1CCCN(c2nc(Cc3ccc(F)cc3)ns2)CC1. The maximum absolute atomic E-state index is 13.0. The van der Waals surface area contributed by atoms with Crippen molar-refractivity contribution in [2.45, 2.75) is 32.1 Å². The second-order valence-corrected chi connectivity index (χ2v) is 7.82. The van der Waals surface area contributed by atoms with Crippen molar-refractivity contribution in [3.05, 3.63) is 41.5 Å². The largest absolute Gasteiger partial charge is 0.345 e. The van der Waals surface area contributed by atoms with Gasteiger partial charge in [-0.3, -0.25) is 4.79 Å². The molecule has 1 amide bonds. The molecule has 2 heterocycles. The van der Waals surface area contributed by atoms with Gasteiger partial charge in [-0.1, -0.05) is 18.6 Å². The second-order valence-electron chi connectivity index (χ2n) is 7.09. The molecule has 138 valence electrons. The van der Waals surface area contributed by atoms with Crippen molar-refractivity contribution in [2.24, 2.45) is 5.92 Å². The van der Waals surface area contributed by atoms with Crippen LogP contribution in [0.25, 0.3) is 0 Å². The molecule has 2 aliphatic rings. The first-order valence-electron chi connectivity index (χ1n) is 9.30. The Kier molecular flexibility index (Phi) is 5.15. The quantitative estimate of drug-likeness (QED) is 0.825. The topological polar surface area (TPSA) is 49.3 Å². The summed E-state index contributed by atoms with van der Waals surface area (Å²) >= 11 is 1.41. The first kappa shape index (κ1) is 17.4. The van der Waals surface area contributed by atoms with Crippen molar-refractivity contribution in [3.63, 3.8) is 0 Å². The van der Waals surface area contributed by atoms with Crippen LogP contribution in [0, 0.1) is 11.7 Å². The number of carbonyl (C=O) groups is 1. The highest BCUT2D eigenvalue weighted by Gasteiger charge is 2.30. The van der Waals surface area contributed by atoms with Gasteiger partial charge in [0.05, 0.1) is 0 Å². The average molecular weight is 374 g/mol. The maximum Gasteiger partial charge on any atom is 0.225 e. The van der Waals surface area contributed by atoms with Crippen LogP contribution in [0.2, 0.25) is 0 Å². The van der Waals surface area contributed by atoms with Crippen LogP contribution in [0.3, 0.4) is 0 Å². The summed E-state index contributed by atoms with van der Waals surface area (Å²) in [6.07, 6.45) is 4.88. The zero-order valence-corrected chi connectivity index (χ0v) is 15.6. The van der Waals surface area contributed by atoms with Crippen LogP contribution in [-0.2, 0) is 11.2 Å². The smallest absolute Gasteiger partial charge is 0.225 e. The van der Waals surface area contributed by atoms with E-state index in [1.54, 1.807) is 12.1 Å². The number of aromatic nitrogens is 2. The van der Waals surface area contributed by atoms with Crippen LogP contribution in [0.4, 0.5) is 9.52 Å². The van der Waals surface area contributed by atoms with Gasteiger partial charge in [0.25, 0.3) is 0 Å². The summed E-state index contributed by atoms with van der Waals surface area (Å²) in [5.41, 5.74) is 1.00. The minimum Gasteiger partial charge on any atom is -0.345 e. The van der Waals surface area contributed by atoms with Gasteiger partial charge in [0, 0.05) is 50.1 Å². The van der Waals surface area contributed by atoms with E-state index in [-0.39, 0.29) is 11.7 Å². The third kappa shape index (κ3) is 3.87. The van der Waals surface area contributed by atoms with Crippen LogP contribution in [0.15, 0.2) is 24.3 Å². The Labute approximate surface area is 157 Å². The van der Waals surface area contributed by atoms with Gasteiger partial charge in [0.1, 0.15) is 11.6 Å². The molecule has 7 heteroatoms. The third-order valence-corrected chi connectivity index (χ3v) is 6.08. The zero-order chi connectivity index (χ0) is 17.9. The lowest BCUT2D eigenvalue weighted by molar-refractivity contribution is -0.137. The lowest BCUT2D eigenvalue weighted by Crippen LogP contribution is -2.41. The molecule has 0 N–H and O–H groups in total. The van der Waals surface area contributed by atoms with Gasteiger partial charge < -0.3 is 9.80 Å². The average Bonchev–Trinajstić information content (AvgIpc) is 2.90. The lowest BCUT2D eigenvalue weighted by Gasteiger charge is -2.30. The van der Waals surface area contributed by atoms with E-state index in [4.69, 9.17) is 0 Å². The highest BCUT2D eigenvalue weighted by molar-refractivity contribution is 7.09. The highest BCUT2D eigenvalue weighted by Crippen LogP contribution is 2.29. The van der Waals surface area contributed by atoms with Gasteiger partial charge in [-0.05, 0) is 37.0 Å². The van der Waals surface area contributed by atoms with E-state index in [0.717, 1.165) is 62.0 Å².